The zero-order valence-corrected chi connectivity index (χ0v) is 20.9. The summed E-state index contributed by atoms with van der Waals surface area (Å²) in [5, 5.41) is 4.80. The highest BCUT2D eigenvalue weighted by atomic mass is 35.5. The maximum absolute atomic E-state index is 13.4. The van der Waals surface area contributed by atoms with E-state index in [0.29, 0.717) is 26.5 Å². The van der Waals surface area contributed by atoms with Gasteiger partial charge < -0.3 is 10.2 Å². The molecule has 0 aliphatic heterocycles. The number of carbonyl (C=O) groups is 2. The zero-order valence-electron chi connectivity index (χ0n) is 17.8. The Balaban J connectivity index is 1.85. The van der Waals surface area contributed by atoms with Crippen LogP contribution >= 0.6 is 46.4 Å². The first-order chi connectivity index (χ1) is 15.3. The number of hydrogen-bond donors (Lipinski definition) is 1. The third-order valence-electron chi connectivity index (χ3n) is 5.76. The summed E-state index contributed by atoms with van der Waals surface area (Å²) in [5.74, 6) is -0.301. The van der Waals surface area contributed by atoms with Crippen molar-refractivity contribution in [1.29, 1.82) is 0 Å². The molecule has 3 rings (SSSR count). The molecule has 2 aromatic carbocycles. The Kier molecular flexibility index (Phi) is 9.13. The van der Waals surface area contributed by atoms with Crippen molar-refractivity contribution in [3.63, 3.8) is 0 Å². The number of nitrogens with one attached hydrogen (secondary N) is 1. The van der Waals surface area contributed by atoms with Gasteiger partial charge in [-0.1, -0.05) is 78.3 Å². The Morgan fingerprint density at radius 2 is 1.50 bits per heavy atom. The van der Waals surface area contributed by atoms with Crippen LogP contribution in [0.5, 0.6) is 0 Å². The number of nitrogens with zero attached hydrogens (tertiary/aromatic N) is 1. The minimum Gasteiger partial charge on any atom is -0.352 e. The van der Waals surface area contributed by atoms with Crippen LogP contribution < -0.4 is 5.32 Å². The van der Waals surface area contributed by atoms with Crippen molar-refractivity contribution in [2.75, 3.05) is 0 Å². The maximum atomic E-state index is 13.4. The highest BCUT2D eigenvalue weighted by Crippen LogP contribution is 2.26. The van der Waals surface area contributed by atoms with E-state index in [1.165, 1.54) is 0 Å². The maximum Gasteiger partial charge on any atom is 0.243 e. The molecule has 0 bridgehead atoms. The molecule has 2 aromatic rings. The molecule has 0 saturated heterocycles. The molecule has 2 amide bonds. The van der Waals surface area contributed by atoms with Crippen molar-refractivity contribution in [2.45, 2.75) is 64.1 Å². The van der Waals surface area contributed by atoms with Gasteiger partial charge in [0.05, 0.1) is 26.5 Å². The van der Waals surface area contributed by atoms with E-state index in [1.807, 2.05) is 13.0 Å². The van der Waals surface area contributed by atoms with Gasteiger partial charge in [-0.2, -0.15) is 0 Å². The average Bonchev–Trinajstić information content (AvgIpc) is 3.26. The second-order valence-corrected chi connectivity index (χ2v) is 9.74. The SMILES string of the molecule is CC[C@H](C(=O)NC1CCCC1)N(Cc1ccc(Cl)c(Cl)c1)C(=O)Cc1ccc(Cl)c(Cl)c1. The smallest absolute Gasteiger partial charge is 0.243 e. The van der Waals surface area contributed by atoms with Crippen molar-refractivity contribution in [3.05, 3.63) is 67.6 Å². The fourth-order valence-corrected chi connectivity index (χ4v) is 4.69. The van der Waals surface area contributed by atoms with Crippen LogP contribution in [0.1, 0.15) is 50.2 Å². The molecule has 1 aliphatic carbocycles. The number of benzene rings is 2. The Hall–Kier alpha value is -1.46. The topological polar surface area (TPSA) is 49.4 Å². The molecule has 0 radical (unpaired) electrons. The molecule has 0 unspecified atom stereocenters. The van der Waals surface area contributed by atoms with E-state index in [9.17, 15) is 9.59 Å². The predicted octanol–water partition coefficient (Wildman–Crippen LogP) is 6.71. The van der Waals surface area contributed by atoms with Crippen molar-refractivity contribution in [3.8, 4) is 0 Å². The highest BCUT2D eigenvalue weighted by Gasteiger charge is 2.30. The molecule has 1 N–H and O–H groups in total. The molecule has 4 nitrogen and oxygen atoms in total. The van der Waals surface area contributed by atoms with Gasteiger partial charge in [-0.3, -0.25) is 9.59 Å². The molecular formula is C24H26Cl4N2O2. The predicted molar refractivity (Wildman–Crippen MR) is 132 cm³/mol. The number of halogens is 4. The summed E-state index contributed by atoms with van der Waals surface area (Å²) in [6, 6.07) is 9.93. The van der Waals surface area contributed by atoms with Crippen LogP contribution in [-0.2, 0) is 22.6 Å². The minimum absolute atomic E-state index is 0.103. The Morgan fingerprint density at radius 3 is 2.06 bits per heavy atom. The Morgan fingerprint density at radius 1 is 0.938 bits per heavy atom. The largest absolute Gasteiger partial charge is 0.352 e. The summed E-state index contributed by atoms with van der Waals surface area (Å²) in [5.41, 5.74) is 1.53. The highest BCUT2D eigenvalue weighted by molar-refractivity contribution is 6.42. The zero-order chi connectivity index (χ0) is 23.3. The summed E-state index contributed by atoms with van der Waals surface area (Å²) < 4.78 is 0. The van der Waals surface area contributed by atoms with Crippen LogP contribution in [-0.4, -0.2) is 28.8 Å². The Bertz CT molecular complexity index is 976. The van der Waals surface area contributed by atoms with Crippen molar-refractivity contribution in [1.82, 2.24) is 10.2 Å². The van der Waals surface area contributed by atoms with Gasteiger partial charge in [0, 0.05) is 12.6 Å². The number of amides is 2. The molecule has 8 heteroatoms. The fraction of sp³-hybridized carbons (Fsp3) is 0.417. The van der Waals surface area contributed by atoms with Crippen molar-refractivity contribution in [2.24, 2.45) is 0 Å². The van der Waals surface area contributed by atoms with Gasteiger partial charge in [-0.05, 0) is 54.7 Å². The van der Waals surface area contributed by atoms with E-state index >= 15 is 0 Å². The average molecular weight is 516 g/mol. The molecule has 0 heterocycles. The van der Waals surface area contributed by atoms with E-state index in [4.69, 9.17) is 46.4 Å². The second kappa shape index (κ2) is 11.6. The summed E-state index contributed by atoms with van der Waals surface area (Å²) in [6.45, 7) is 2.15. The summed E-state index contributed by atoms with van der Waals surface area (Å²) >= 11 is 24.4. The van der Waals surface area contributed by atoms with E-state index in [1.54, 1.807) is 35.2 Å². The first-order valence-electron chi connectivity index (χ1n) is 10.8. The van der Waals surface area contributed by atoms with E-state index in [2.05, 4.69) is 5.32 Å². The first-order valence-corrected chi connectivity index (χ1v) is 12.3. The van der Waals surface area contributed by atoms with Gasteiger partial charge in [0.2, 0.25) is 11.8 Å². The lowest BCUT2D eigenvalue weighted by atomic mass is 10.1. The van der Waals surface area contributed by atoms with Gasteiger partial charge in [0.25, 0.3) is 0 Å². The second-order valence-electron chi connectivity index (χ2n) is 8.11. The van der Waals surface area contributed by atoms with Crippen LogP contribution in [0.25, 0.3) is 0 Å². The van der Waals surface area contributed by atoms with Crippen LogP contribution in [0.15, 0.2) is 36.4 Å². The molecule has 32 heavy (non-hydrogen) atoms. The molecule has 1 aliphatic rings. The molecule has 1 fully saturated rings. The fourth-order valence-electron chi connectivity index (χ4n) is 4.05. The molecule has 0 aromatic heterocycles. The lowest BCUT2D eigenvalue weighted by Crippen LogP contribution is -2.51. The van der Waals surface area contributed by atoms with E-state index < -0.39 is 6.04 Å². The van der Waals surface area contributed by atoms with Crippen LogP contribution in [0, 0.1) is 0 Å². The first kappa shape index (κ1) is 25.2. The third-order valence-corrected chi connectivity index (χ3v) is 7.24. The quantitative estimate of drug-likeness (QED) is 0.424. The van der Waals surface area contributed by atoms with Crippen molar-refractivity contribution < 1.29 is 9.59 Å². The van der Waals surface area contributed by atoms with Gasteiger partial charge in [-0.25, -0.2) is 0 Å². The van der Waals surface area contributed by atoms with Crippen LogP contribution in [0.2, 0.25) is 20.1 Å². The van der Waals surface area contributed by atoms with Gasteiger partial charge in [-0.15, -0.1) is 0 Å². The number of carbonyl (C=O) groups excluding carboxylic acids is 2. The van der Waals surface area contributed by atoms with Crippen LogP contribution in [0.4, 0.5) is 0 Å². The minimum atomic E-state index is -0.597. The molecular weight excluding hydrogens is 490 g/mol. The van der Waals surface area contributed by atoms with Gasteiger partial charge in [0.15, 0.2) is 0 Å². The summed E-state index contributed by atoms with van der Waals surface area (Å²) in [6.07, 6.45) is 4.78. The monoisotopic (exact) mass is 514 g/mol. The normalized spacial score (nSPS) is 14.9. The lowest BCUT2D eigenvalue weighted by molar-refractivity contribution is -0.141. The molecule has 1 atom stereocenters. The molecule has 1 saturated carbocycles. The standard InChI is InChI=1S/C24H26Cl4N2O2/c1-2-22(24(32)29-17-5-3-4-6-17)30(14-16-8-10-19(26)21(28)12-16)23(31)13-15-7-9-18(25)20(27)11-15/h7-12,17,22H,2-6,13-14H2,1H3,(H,29,32)/t22-/m1/s1. The summed E-state index contributed by atoms with van der Waals surface area (Å²) in [7, 11) is 0. The Labute approximate surface area is 209 Å². The van der Waals surface area contributed by atoms with Crippen molar-refractivity contribution >= 4 is 58.2 Å². The van der Waals surface area contributed by atoms with Crippen LogP contribution in [0.3, 0.4) is 0 Å². The lowest BCUT2D eigenvalue weighted by Gasteiger charge is -2.31. The summed E-state index contributed by atoms with van der Waals surface area (Å²) in [4.78, 5) is 28.2. The number of rotatable bonds is 8. The molecule has 172 valence electrons. The third kappa shape index (κ3) is 6.54. The molecule has 0 spiro atoms. The van der Waals surface area contributed by atoms with Gasteiger partial charge in [0.1, 0.15) is 6.04 Å². The van der Waals surface area contributed by atoms with Gasteiger partial charge >= 0.3 is 0 Å². The number of hydrogen-bond acceptors (Lipinski definition) is 2. The van der Waals surface area contributed by atoms with E-state index in [0.717, 1.165) is 36.8 Å². The van der Waals surface area contributed by atoms with E-state index in [-0.39, 0.29) is 30.8 Å².